The normalized spacial score (nSPS) is 15.0. The number of ether oxygens (including phenoxy) is 2. The second kappa shape index (κ2) is 15.7. The number of aliphatic hydroxyl groups is 1. The summed E-state index contributed by atoms with van der Waals surface area (Å²) in [4.78, 5) is 27.3. The van der Waals surface area contributed by atoms with Gasteiger partial charge >= 0.3 is 0 Å². The molecule has 0 bridgehead atoms. The van der Waals surface area contributed by atoms with Crippen LogP contribution in [-0.4, -0.2) is 99.7 Å². The van der Waals surface area contributed by atoms with Crippen molar-refractivity contribution >= 4 is 21.8 Å². The second-order valence-electron chi connectivity index (χ2n) is 11.1. The number of nitrogens with zero attached hydrogens (tertiary/aromatic N) is 3. The average Bonchev–Trinajstić information content (AvgIpc) is 2.95. The highest BCUT2D eigenvalue weighted by atomic mass is 32.2. The molecule has 1 aliphatic heterocycles. The van der Waals surface area contributed by atoms with Gasteiger partial charge in [-0.15, -0.1) is 0 Å². The van der Waals surface area contributed by atoms with E-state index < -0.39 is 40.0 Å². The number of nitrogens with one attached hydrogen (secondary N) is 2. The maximum Gasteiger partial charge on any atom is 0.243 e. The fraction of sp³-hybridized carbons (Fsp3) is 0.500. The molecular formula is C30H41N5O7S. The van der Waals surface area contributed by atoms with Crippen molar-refractivity contribution in [3.8, 4) is 17.6 Å². The number of rotatable bonds is 15. The van der Waals surface area contributed by atoms with Crippen molar-refractivity contribution < 1.29 is 32.6 Å². The number of fused-ring (bicyclic) bond motifs is 1. The van der Waals surface area contributed by atoms with E-state index >= 15 is 0 Å². The molecule has 0 saturated carbocycles. The van der Waals surface area contributed by atoms with E-state index in [4.69, 9.17) is 9.47 Å². The number of amides is 2. The molecular weight excluding hydrogens is 574 g/mol. The molecule has 0 fully saturated rings. The first kappa shape index (κ1) is 33.8. The predicted molar refractivity (Wildman–Crippen MR) is 160 cm³/mol. The maximum absolute atomic E-state index is 13.8. The predicted octanol–water partition coefficient (Wildman–Crippen LogP) is 1.15. The number of sulfonamides is 1. The number of carbonyl (C=O) groups is 2. The molecule has 13 heteroatoms. The quantitative estimate of drug-likeness (QED) is 0.267. The molecule has 43 heavy (non-hydrogen) atoms. The van der Waals surface area contributed by atoms with Crippen molar-refractivity contribution in [2.45, 2.75) is 49.8 Å². The van der Waals surface area contributed by atoms with E-state index in [-0.39, 0.29) is 43.3 Å². The molecule has 1 aliphatic rings. The second-order valence-corrected chi connectivity index (χ2v) is 13.1. The lowest BCUT2D eigenvalue weighted by Gasteiger charge is -2.31. The Morgan fingerprint density at radius 1 is 1.02 bits per heavy atom. The highest BCUT2D eigenvalue weighted by Crippen LogP contribution is 2.33. The van der Waals surface area contributed by atoms with Gasteiger partial charge in [-0.25, -0.2) is 8.42 Å². The van der Waals surface area contributed by atoms with Crippen molar-refractivity contribution in [2.75, 3.05) is 46.9 Å². The largest absolute Gasteiger partial charge is 0.486 e. The fourth-order valence-corrected chi connectivity index (χ4v) is 6.25. The smallest absolute Gasteiger partial charge is 0.243 e. The summed E-state index contributed by atoms with van der Waals surface area (Å²) in [6.07, 6.45) is -1.44. The van der Waals surface area contributed by atoms with Gasteiger partial charge in [0.1, 0.15) is 19.3 Å². The van der Waals surface area contributed by atoms with Crippen LogP contribution in [0.4, 0.5) is 0 Å². The molecule has 3 N–H and O–H groups in total. The summed E-state index contributed by atoms with van der Waals surface area (Å²) in [6, 6.07) is 13.3. The Morgan fingerprint density at radius 3 is 2.33 bits per heavy atom. The first-order valence-electron chi connectivity index (χ1n) is 14.1. The van der Waals surface area contributed by atoms with Crippen molar-refractivity contribution in [3.63, 3.8) is 0 Å². The lowest BCUT2D eigenvalue weighted by atomic mass is 10.00. The number of hydrogen-bond donors (Lipinski definition) is 3. The standard InChI is InChI=1S/C30H41N5O7S/c1-21(2)18-35(43(39,40)23-10-11-27-28(17-23)42-15-14-41-27)19-26(36)25(16-22-8-6-5-7-9-22)33-30(38)24(12-13-31)32-29(37)20-34(3)4/h5-11,17,21,24-26,36H,12,14-16,18-20H2,1-4H3,(H,32,37)(H,33,38)/t24?,25?,26-/m1/s1. The number of carbonyl (C=O) groups excluding carboxylic acids is 2. The molecule has 234 valence electrons. The molecule has 0 saturated heterocycles. The highest BCUT2D eigenvalue weighted by Gasteiger charge is 2.33. The average molecular weight is 616 g/mol. The molecule has 2 unspecified atom stereocenters. The van der Waals surface area contributed by atoms with E-state index in [0.717, 1.165) is 5.56 Å². The lowest BCUT2D eigenvalue weighted by Crippen LogP contribution is -2.56. The summed E-state index contributed by atoms with van der Waals surface area (Å²) in [5.74, 6) is -0.386. The Hall–Kier alpha value is -3.70. The molecule has 2 aromatic carbocycles. The number of nitriles is 1. The molecule has 0 spiro atoms. The van der Waals surface area contributed by atoms with Crippen LogP contribution in [0.2, 0.25) is 0 Å². The van der Waals surface area contributed by atoms with Crippen LogP contribution in [-0.2, 0) is 26.0 Å². The van der Waals surface area contributed by atoms with E-state index in [1.165, 1.54) is 16.4 Å². The van der Waals surface area contributed by atoms with E-state index in [9.17, 15) is 28.4 Å². The molecule has 0 radical (unpaired) electrons. The zero-order chi connectivity index (χ0) is 31.6. The molecule has 3 rings (SSSR count). The van der Waals surface area contributed by atoms with Crippen molar-refractivity contribution in [1.82, 2.24) is 19.8 Å². The van der Waals surface area contributed by atoms with Gasteiger partial charge in [0, 0.05) is 19.2 Å². The number of aliphatic hydroxyl groups excluding tert-OH is 1. The highest BCUT2D eigenvalue weighted by molar-refractivity contribution is 7.89. The van der Waals surface area contributed by atoms with Crippen LogP contribution < -0.4 is 20.1 Å². The summed E-state index contributed by atoms with van der Waals surface area (Å²) in [7, 11) is -0.689. The fourth-order valence-electron chi connectivity index (χ4n) is 4.61. The Morgan fingerprint density at radius 2 is 1.70 bits per heavy atom. The Balaban J connectivity index is 1.87. The minimum atomic E-state index is -4.09. The number of benzene rings is 2. The third-order valence-electron chi connectivity index (χ3n) is 6.61. The van der Waals surface area contributed by atoms with E-state index in [1.807, 2.05) is 50.2 Å². The van der Waals surface area contributed by atoms with Gasteiger partial charge in [-0.3, -0.25) is 9.59 Å². The monoisotopic (exact) mass is 615 g/mol. The van der Waals surface area contributed by atoms with Gasteiger partial charge in [-0.2, -0.15) is 9.57 Å². The van der Waals surface area contributed by atoms with Crippen LogP contribution in [0.25, 0.3) is 0 Å². The topological polar surface area (TPSA) is 161 Å². The van der Waals surface area contributed by atoms with E-state index in [2.05, 4.69) is 10.6 Å². The van der Waals surface area contributed by atoms with Crippen molar-refractivity contribution in [2.24, 2.45) is 5.92 Å². The summed E-state index contributed by atoms with van der Waals surface area (Å²) in [5, 5.41) is 26.1. The summed E-state index contributed by atoms with van der Waals surface area (Å²) < 4.78 is 40.0. The number of likely N-dealkylation sites (N-methyl/N-ethyl adjacent to an activating group) is 1. The molecule has 3 atom stereocenters. The Bertz CT molecular complexity index is 1380. The molecule has 0 aliphatic carbocycles. The van der Waals surface area contributed by atoms with Gasteiger partial charge in [0.05, 0.1) is 36.1 Å². The molecule has 2 amide bonds. The first-order chi connectivity index (χ1) is 20.4. The van der Waals surface area contributed by atoms with Crippen LogP contribution in [0, 0.1) is 17.2 Å². The zero-order valence-electron chi connectivity index (χ0n) is 25.0. The SMILES string of the molecule is CC(C)CN(C[C@@H](O)C(Cc1ccccc1)NC(=O)C(CC#N)NC(=O)CN(C)C)S(=O)(=O)c1ccc2c(c1)OCCO2. The van der Waals surface area contributed by atoms with Crippen LogP contribution in [0.1, 0.15) is 25.8 Å². The molecule has 2 aromatic rings. The van der Waals surface area contributed by atoms with Crippen LogP contribution in [0.15, 0.2) is 53.4 Å². The van der Waals surface area contributed by atoms with Gasteiger partial charge in [0.2, 0.25) is 21.8 Å². The Labute approximate surface area is 253 Å². The van der Waals surface area contributed by atoms with Crippen molar-refractivity contribution in [1.29, 1.82) is 5.26 Å². The van der Waals surface area contributed by atoms with Gasteiger partial charge in [-0.1, -0.05) is 44.2 Å². The molecule has 0 aromatic heterocycles. The Kier molecular flexibility index (Phi) is 12.3. The van der Waals surface area contributed by atoms with Crippen LogP contribution in [0.5, 0.6) is 11.5 Å². The van der Waals surface area contributed by atoms with Gasteiger partial charge in [0.25, 0.3) is 0 Å². The van der Waals surface area contributed by atoms with Crippen LogP contribution >= 0.6 is 0 Å². The minimum Gasteiger partial charge on any atom is -0.486 e. The third kappa shape index (κ3) is 9.93. The number of hydrogen-bond acceptors (Lipinski definition) is 9. The minimum absolute atomic E-state index is 0.00839. The maximum atomic E-state index is 13.8. The summed E-state index contributed by atoms with van der Waals surface area (Å²) >= 11 is 0. The van der Waals surface area contributed by atoms with Gasteiger partial charge in [-0.05, 0) is 44.1 Å². The van der Waals surface area contributed by atoms with Gasteiger partial charge in [0.15, 0.2) is 11.5 Å². The summed E-state index contributed by atoms with van der Waals surface area (Å²) in [5.41, 5.74) is 0.797. The van der Waals surface area contributed by atoms with Crippen molar-refractivity contribution in [3.05, 3.63) is 54.1 Å². The van der Waals surface area contributed by atoms with E-state index in [0.29, 0.717) is 24.7 Å². The third-order valence-corrected chi connectivity index (χ3v) is 8.44. The van der Waals surface area contributed by atoms with Gasteiger partial charge < -0.3 is 30.1 Å². The lowest BCUT2D eigenvalue weighted by molar-refractivity contribution is -0.130. The summed E-state index contributed by atoms with van der Waals surface area (Å²) in [6.45, 7) is 4.21. The molecule has 1 heterocycles. The first-order valence-corrected chi connectivity index (χ1v) is 15.6. The van der Waals surface area contributed by atoms with Crippen LogP contribution in [0.3, 0.4) is 0 Å². The zero-order valence-corrected chi connectivity index (χ0v) is 25.8. The molecule has 12 nitrogen and oxygen atoms in total. The van der Waals surface area contributed by atoms with E-state index in [1.54, 1.807) is 25.1 Å².